The molecular formula is C34H23FN2O5. The summed E-state index contributed by atoms with van der Waals surface area (Å²) >= 11 is 0. The van der Waals surface area contributed by atoms with Crippen LogP contribution in [0.1, 0.15) is 53.7 Å². The molecule has 3 atom stereocenters. The Bertz CT molecular complexity index is 1830. The van der Waals surface area contributed by atoms with Crippen molar-refractivity contribution < 1.29 is 23.7 Å². The number of Topliss-reactive ketones (excluding diaryl/α,β-unsaturated/α-hetero) is 3. The van der Waals surface area contributed by atoms with Gasteiger partial charge in [0.1, 0.15) is 17.3 Å². The molecule has 7 rings (SSSR count). The Balaban J connectivity index is 1.54. The summed E-state index contributed by atoms with van der Waals surface area (Å²) in [7, 11) is 0. The van der Waals surface area contributed by atoms with E-state index in [1.807, 2.05) is 19.1 Å². The number of anilines is 1. The maximum atomic E-state index is 14.6. The average Bonchev–Trinajstić information content (AvgIpc) is 3.43. The number of aryl methyl sites for hydroxylation is 1. The molecule has 3 aliphatic rings. The first-order chi connectivity index (χ1) is 20.2. The SMILES string of the molecule is Cc1ccc(C(=O)[C@H]2[C@@H](c3ccc([N+](=O)[O-])cc3)C3(C(=O)c4ccccc4C3=O)[C@H]3C=Cc4cc(F)ccc4N23)cc1. The predicted molar refractivity (Wildman–Crippen MR) is 154 cm³/mol. The molecule has 0 amide bonds. The summed E-state index contributed by atoms with van der Waals surface area (Å²) in [6.07, 6.45) is 3.40. The van der Waals surface area contributed by atoms with Crippen LogP contribution in [0.4, 0.5) is 15.8 Å². The van der Waals surface area contributed by atoms with E-state index in [9.17, 15) is 28.9 Å². The van der Waals surface area contributed by atoms with Gasteiger partial charge in [-0.05, 0) is 30.7 Å². The van der Waals surface area contributed by atoms with Crippen molar-refractivity contribution in [3.8, 4) is 0 Å². The van der Waals surface area contributed by atoms with Crippen LogP contribution in [-0.2, 0) is 0 Å². The van der Waals surface area contributed by atoms with Gasteiger partial charge in [0, 0.05) is 46.0 Å². The summed E-state index contributed by atoms with van der Waals surface area (Å²) in [5.41, 5.74) is 1.49. The fourth-order valence-electron chi connectivity index (χ4n) is 7.01. The van der Waals surface area contributed by atoms with Crippen molar-refractivity contribution in [2.45, 2.75) is 24.9 Å². The van der Waals surface area contributed by atoms with Crippen molar-refractivity contribution >= 4 is 34.8 Å². The van der Waals surface area contributed by atoms with Gasteiger partial charge in [-0.2, -0.15) is 0 Å². The molecule has 1 fully saturated rings. The van der Waals surface area contributed by atoms with Crippen LogP contribution in [0.5, 0.6) is 0 Å². The van der Waals surface area contributed by atoms with Crippen LogP contribution in [0.2, 0.25) is 0 Å². The summed E-state index contributed by atoms with van der Waals surface area (Å²) in [6.45, 7) is 1.90. The Labute approximate surface area is 240 Å². The molecule has 1 saturated heterocycles. The van der Waals surface area contributed by atoms with Gasteiger partial charge in [0.25, 0.3) is 5.69 Å². The molecule has 0 saturated carbocycles. The number of nitro benzene ring substituents is 1. The predicted octanol–water partition coefficient (Wildman–Crippen LogP) is 6.36. The van der Waals surface area contributed by atoms with Crippen LogP contribution in [0.25, 0.3) is 6.08 Å². The van der Waals surface area contributed by atoms with Gasteiger partial charge in [0.05, 0.1) is 11.0 Å². The third kappa shape index (κ3) is 3.41. The normalized spacial score (nSPS) is 21.3. The van der Waals surface area contributed by atoms with Gasteiger partial charge in [-0.25, -0.2) is 4.39 Å². The number of hydrogen-bond donors (Lipinski definition) is 0. The van der Waals surface area contributed by atoms with E-state index >= 15 is 0 Å². The van der Waals surface area contributed by atoms with E-state index in [2.05, 4.69) is 0 Å². The number of non-ortho nitro benzene ring substituents is 1. The number of rotatable bonds is 4. The lowest BCUT2D eigenvalue weighted by Gasteiger charge is -2.37. The van der Waals surface area contributed by atoms with Crippen LogP contribution < -0.4 is 4.90 Å². The highest BCUT2D eigenvalue weighted by molar-refractivity contribution is 6.32. The van der Waals surface area contributed by atoms with Crippen molar-refractivity contribution in [3.63, 3.8) is 0 Å². The monoisotopic (exact) mass is 558 g/mol. The molecule has 2 heterocycles. The maximum absolute atomic E-state index is 14.6. The molecule has 42 heavy (non-hydrogen) atoms. The number of ketones is 3. The third-order valence-electron chi connectivity index (χ3n) is 8.83. The van der Waals surface area contributed by atoms with E-state index < -0.39 is 45.7 Å². The Morgan fingerprint density at radius 2 is 1.55 bits per heavy atom. The summed E-state index contributed by atoms with van der Waals surface area (Å²) in [6, 6.07) is 21.7. The van der Waals surface area contributed by atoms with Crippen LogP contribution in [0.3, 0.4) is 0 Å². The zero-order valence-corrected chi connectivity index (χ0v) is 22.4. The highest BCUT2D eigenvalue weighted by Crippen LogP contribution is 2.61. The zero-order valence-electron chi connectivity index (χ0n) is 22.4. The van der Waals surface area contributed by atoms with Gasteiger partial charge in [-0.15, -0.1) is 0 Å². The summed E-state index contributed by atoms with van der Waals surface area (Å²) in [4.78, 5) is 56.5. The maximum Gasteiger partial charge on any atom is 0.269 e. The van der Waals surface area contributed by atoms with E-state index in [0.717, 1.165) is 5.56 Å². The second kappa shape index (κ2) is 9.14. The molecule has 7 nitrogen and oxygen atoms in total. The molecule has 4 aromatic rings. The Kier molecular flexibility index (Phi) is 5.59. The fraction of sp³-hybridized carbons (Fsp3) is 0.147. The quantitative estimate of drug-likeness (QED) is 0.125. The van der Waals surface area contributed by atoms with E-state index in [4.69, 9.17) is 0 Å². The lowest BCUT2D eigenvalue weighted by atomic mass is 9.64. The summed E-state index contributed by atoms with van der Waals surface area (Å²) in [5.74, 6) is -2.60. The van der Waals surface area contributed by atoms with Crippen LogP contribution in [0.15, 0.2) is 97.1 Å². The minimum atomic E-state index is -1.74. The smallest absolute Gasteiger partial charge is 0.269 e. The largest absolute Gasteiger partial charge is 0.352 e. The van der Waals surface area contributed by atoms with Crippen LogP contribution in [-0.4, -0.2) is 34.4 Å². The van der Waals surface area contributed by atoms with Gasteiger partial charge in [0.15, 0.2) is 17.3 Å². The first kappa shape index (κ1) is 25.7. The number of benzene rings is 4. The second-order valence-corrected chi connectivity index (χ2v) is 11.0. The van der Waals surface area contributed by atoms with Gasteiger partial charge in [0.2, 0.25) is 0 Å². The standard InChI is InChI=1S/C34H23FN2O5/c1-19-6-8-21(9-7-19)31(38)30-29(20-10-14-24(15-11-20)37(41)42)34(32(39)25-4-2-3-5-26(25)33(34)40)28-17-12-22-18-23(35)13-16-27(22)36(28)30/h2-18,28-30H,1H3/t28-,29-,30-/m1/s1. The van der Waals surface area contributed by atoms with Crippen molar-refractivity contribution in [1.82, 2.24) is 0 Å². The highest BCUT2D eigenvalue weighted by Gasteiger charge is 2.71. The molecule has 206 valence electrons. The molecule has 1 spiro atoms. The van der Waals surface area contributed by atoms with Gasteiger partial charge >= 0.3 is 0 Å². The summed E-state index contributed by atoms with van der Waals surface area (Å²) < 4.78 is 14.4. The average molecular weight is 559 g/mol. The van der Waals surface area contributed by atoms with Crippen molar-refractivity contribution in [3.05, 3.63) is 146 Å². The molecule has 0 N–H and O–H groups in total. The minimum Gasteiger partial charge on any atom is -0.352 e. The number of carbonyl (C=O) groups is 3. The lowest BCUT2D eigenvalue weighted by molar-refractivity contribution is -0.384. The highest BCUT2D eigenvalue weighted by atomic mass is 19.1. The van der Waals surface area contributed by atoms with Gasteiger partial charge in [-0.3, -0.25) is 24.5 Å². The topological polar surface area (TPSA) is 97.6 Å². The molecule has 0 unspecified atom stereocenters. The molecule has 0 radical (unpaired) electrons. The van der Waals surface area contributed by atoms with Crippen molar-refractivity contribution in [1.29, 1.82) is 0 Å². The molecule has 0 aromatic heterocycles. The second-order valence-electron chi connectivity index (χ2n) is 11.0. The fourth-order valence-corrected chi connectivity index (χ4v) is 7.01. The first-order valence-electron chi connectivity index (χ1n) is 13.5. The van der Waals surface area contributed by atoms with Gasteiger partial charge in [-0.1, -0.05) is 78.4 Å². The molecule has 8 heteroatoms. The van der Waals surface area contributed by atoms with Gasteiger partial charge < -0.3 is 4.90 Å². The number of nitro groups is 1. The molecule has 2 aliphatic heterocycles. The van der Waals surface area contributed by atoms with Crippen molar-refractivity contribution in [2.75, 3.05) is 4.90 Å². The Hall–Kier alpha value is -5.24. The lowest BCUT2D eigenvalue weighted by Crippen LogP contribution is -2.48. The molecule has 4 aromatic carbocycles. The van der Waals surface area contributed by atoms with Crippen LogP contribution in [0, 0.1) is 28.3 Å². The molecule has 0 bridgehead atoms. The first-order valence-corrected chi connectivity index (χ1v) is 13.5. The number of hydrogen-bond acceptors (Lipinski definition) is 6. The molecule has 1 aliphatic carbocycles. The Morgan fingerprint density at radius 1 is 0.905 bits per heavy atom. The molecular weight excluding hydrogens is 535 g/mol. The van der Waals surface area contributed by atoms with E-state index in [1.165, 1.54) is 36.4 Å². The minimum absolute atomic E-state index is 0.155. The van der Waals surface area contributed by atoms with Crippen molar-refractivity contribution in [2.24, 2.45) is 5.41 Å². The van der Waals surface area contributed by atoms with E-state index in [0.29, 0.717) is 22.4 Å². The number of fused-ring (bicyclic) bond motifs is 5. The summed E-state index contributed by atoms with van der Waals surface area (Å²) in [5, 5.41) is 11.5. The number of halogens is 1. The third-order valence-corrected chi connectivity index (χ3v) is 8.83. The van der Waals surface area contributed by atoms with E-state index in [-0.39, 0.29) is 22.6 Å². The number of nitrogens with zero attached hydrogens (tertiary/aromatic N) is 2. The van der Waals surface area contributed by atoms with Crippen LogP contribution >= 0.6 is 0 Å². The van der Waals surface area contributed by atoms with E-state index in [1.54, 1.807) is 59.5 Å². The Morgan fingerprint density at radius 3 is 2.17 bits per heavy atom. The number of carbonyl (C=O) groups excluding carboxylic acids is 3. The zero-order chi connectivity index (χ0) is 29.3.